The van der Waals surface area contributed by atoms with Crippen LogP contribution in [0.3, 0.4) is 0 Å². The number of carbonyl (C=O) groups excluding carboxylic acids is 1. The molecule has 4 heterocycles. The SMILES string of the molecule is CO[C@H]1CCO[C@H](C(=O)N[C@H](C#N)Cc2ccc(-c3cc4c(C)nc(C)cn4c3)s2)CNC1. The number of nitrogens with zero attached hydrogens (tertiary/aromatic N) is 3. The highest BCUT2D eigenvalue weighted by atomic mass is 32.1. The van der Waals surface area contributed by atoms with Crippen molar-refractivity contribution in [2.45, 2.75) is 44.9 Å². The molecule has 174 valence electrons. The van der Waals surface area contributed by atoms with E-state index in [1.54, 1.807) is 18.4 Å². The fraction of sp³-hybridized carbons (Fsp3) is 0.458. The molecule has 2 N–H and O–H groups in total. The number of ether oxygens (including phenoxy) is 2. The Balaban J connectivity index is 1.39. The Morgan fingerprint density at radius 1 is 1.42 bits per heavy atom. The molecular weight excluding hydrogens is 438 g/mol. The molecule has 1 saturated heterocycles. The van der Waals surface area contributed by atoms with E-state index in [0.717, 1.165) is 38.6 Å². The van der Waals surface area contributed by atoms with E-state index >= 15 is 0 Å². The Morgan fingerprint density at radius 3 is 3.06 bits per heavy atom. The van der Waals surface area contributed by atoms with Gasteiger partial charge in [-0.05, 0) is 38.5 Å². The molecule has 1 aliphatic rings. The maximum absolute atomic E-state index is 12.7. The molecule has 4 rings (SSSR count). The van der Waals surface area contributed by atoms with E-state index in [0.29, 0.717) is 26.1 Å². The molecule has 3 aromatic rings. The van der Waals surface area contributed by atoms with Crippen molar-refractivity contribution in [1.82, 2.24) is 20.0 Å². The summed E-state index contributed by atoms with van der Waals surface area (Å²) in [5.41, 5.74) is 4.16. The standard InChI is InChI=1S/C24H29N5O3S/c1-15-13-29-14-17(8-21(29)16(2)27-15)23-5-4-20(33-23)9-18(10-25)28-24(30)22-12-26-11-19(31-3)6-7-32-22/h4-5,8,13-14,18-19,22,26H,6-7,9,11-12H2,1-3H3,(H,28,30)/t18-,19-,22-/m0/s1. The number of methoxy groups -OCH3 is 1. The average Bonchev–Trinajstić information content (AvgIpc) is 3.40. The number of hydrogen-bond acceptors (Lipinski definition) is 7. The van der Waals surface area contributed by atoms with Gasteiger partial charge >= 0.3 is 0 Å². The fourth-order valence-corrected chi connectivity index (χ4v) is 5.08. The van der Waals surface area contributed by atoms with E-state index in [9.17, 15) is 10.1 Å². The van der Waals surface area contributed by atoms with Crippen LogP contribution >= 0.6 is 11.3 Å². The van der Waals surface area contributed by atoms with E-state index in [4.69, 9.17) is 9.47 Å². The summed E-state index contributed by atoms with van der Waals surface area (Å²) in [5.74, 6) is -0.265. The number of aryl methyl sites for hydroxylation is 2. The minimum Gasteiger partial charge on any atom is -0.380 e. The van der Waals surface area contributed by atoms with Gasteiger partial charge in [-0.2, -0.15) is 5.26 Å². The first kappa shape index (κ1) is 23.4. The normalized spacial score (nSPS) is 20.1. The summed E-state index contributed by atoms with van der Waals surface area (Å²) in [6.45, 7) is 5.51. The molecule has 0 spiro atoms. The summed E-state index contributed by atoms with van der Waals surface area (Å²) in [5, 5.41) is 15.7. The molecule has 1 amide bonds. The monoisotopic (exact) mass is 467 g/mol. The van der Waals surface area contributed by atoms with Crippen molar-refractivity contribution < 1.29 is 14.3 Å². The van der Waals surface area contributed by atoms with Gasteiger partial charge in [0.25, 0.3) is 5.91 Å². The van der Waals surface area contributed by atoms with Crippen molar-refractivity contribution in [1.29, 1.82) is 5.26 Å². The zero-order valence-corrected chi connectivity index (χ0v) is 19.9. The third-order valence-corrected chi connectivity index (χ3v) is 6.96. The number of nitrogens with one attached hydrogen (secondary N) is 2. The zero-order valence-electron chi connectivity index (χ0n) is 19.1. The van der Waals surface area contributed by atoms with E-state index < -0.39 is 12.1 Å². The van der Waals surface area contributed by atoms with Crippen LogP contribution in [-0.2, 0) is 20.7 Å². The number of fused-ring (bicyclic) bond motifs is 1. The smallest absolute Gasteiger partial charge is 0.251 e. The second-order valence-electron chi connectivity index (χ2n) is 8.31. The Labute approximate surface area is 197 Å². The zero-order chi connectivity index (χ0) is 23.4. The number of carbonyl (C=O) groups is 1. The predicted octanol–water partition coefficient (Wildman–Crippen LogP) is 2.62. The minimum atomic E-state index is -0.619. The van der Waals surface area contributed by atoms with Gasteiger partial charge in [0.2, 0.25) is 0 Å². The van der Waals surface area contributed by atoms with Crippen molar-refractivity contribution in [2.75, 3.05) is 26.8 Å². The van der Waals surface area contributed by atoms with Crippen molar-refractivity contribution in [3.63, 3.8) is 0 Å². The van der Waals surface area contributed by atoms with Crippen LogP contribution in [0.5, 0.6) is 0 Å². The van der Waals surface area contributed by atoms with Gasteiger partial charge in [0.05, 0.1) is 35.7 Å². The molecule has 0 unspecified atom stereocenters. The molecule has 3 aromatic heterocycles. The topological polar surface area (TPSA) is 101 Å². The highest BCUT2D eigenvalue weighted by molar-refractivity contribution is 7.15. The van der Waals surface area contributed by atoms with Gasteiger partial charge in [-0.1, -0.05) is 0 Å². The number of aromatic nitrogens is 2. The van der Waals surface area contributed by atoms with Crippen LogP contribution in [0, 0.1) is 25.2 Å². The van der Waals surface area contributed by atoms with Gasteiger partial charge < -0.3 is 24.5 Å². The summed E-state index contributed by atoms with van der Waals surface area (Å²) >= 11 is 1.63. The van der Waals surface area contributed by atoms with Crippen LogP contribution in [0.25, 0.3) is 16.0 Å². The van der Waals surface area contributed by atoms with Crippen molar-refractivity contribution in [2.24, 2.45) is 0 Å². The Kier molecular flexibility index (Phi) is 7.40. The third-order valence-electron chi connectivity index (χ3n) is 5.80. The fourth-order valence-electron chi connectivity index (χ4n) is 4.05. The molecule has 1 aliphatic heterocycles. The summed E-state index contributed by atoms with van der Waals surface area (Å²) < 4.78 is 13.2. The van der Waals surface area contributed by atoms with Crippen LogP contribution < -0.4 is 10.6 Å². The Hall–Kier alpha value is -2.77. The first-order chi connectivity index (χ1) is 16.0. The first-order valence-electron chi connectivity index (χ1n) is 11.1. The van der Waals surface area contributed by atoms with Crippen molar-refractivity contribution in [3.8, 4) is 16.5 Å². The van der Waals surface area contributed by atoms with E-state index in [2.05, 4.69) is 44.4 Å². The van der Waals surface area contributed by atoms with E-state index in [1.165, 1.54) is 0 Å². The van der Waals surface area contributed by atoms with Crippen molar-refractivity contribution in [3.05, 3.63) is 46.9 Å². The van der Waals surface area contributed by atoms with Crippen LogP contribution in [0.2, 0.25) is 0 Å². The molecule has 0 bridgehead atoms. The molecule has 0 aromatic carbocycles. The lowest BCUT2D eigenvalue weighted by molar-refractivity contribution is -0.134. The molecule has 8 nitrogen and oxygen atoms in total. The van der Waals surface area contributed by atoms with Crippen LogP contribution in [-0.4, -0.2) is 60.3 Å². The molecule has 9 heteroatoms. The second-order valence-corrected chi connectivity index (χ2v) is 9.48. The van der Waals surface area contributed by atoms with Gasteiger partial charge in [0.15, 0.2) is 0 Å². The molecule has 0 aliphatic carbocycles. The lowest BCUT2D eigenvalue weighted by atomic mass is 10.1. The summed E-state index contributed by atoms with van der Waals surface area (Å²) in [4.78, 5) is 19.4. The average molecular weight is 468 g/mol. The van der Waals surface area contributed by atoms with Crippen LogP contribution in [0.4, 0.5) is 0 Å². The van der Waals surface area contributed by atoms with Gasteiger partial charge in [-0.15, -0.1) is 11.3 Å². The summed E-state index contributed by atoms with van der Waals surface area (Å²) in [6.07, 6.45) is 4.75. The minimum absolute atomic E-state index is 0.0801. The molecule has 33 heavy (non-hydrogen) atoms. The van der Waals surface area contributed by atoms with Gasteiger partial charge in [0, 0.05) is 54.3 Å². The lowest BCUT2D eigenvalue weighted by Crippen LogP contribution is -2.49. The highest BCUT2D eigenvalue weighted by Crippen LogP contribution is 2.31. The van der Waals surface area contributed by atoms with Gasteiger partial charge in [-0.3, -0.25) is 9.78 Å². The highest BCUT2D eigenvalue weighted by Gasteiger charge is 2.25. The number of nitriles is 1. The van der Waals surface area contributed by atoms with Gasteiger partial charge in [0.1, 0.15) is 12.1 Å². The molecule has 3 atom stereocenters. The van der Waals surface area contributed by atoms with Gasteiger partial charge in [-0.25, -0.2) is 0 Å². The van der Waals surface area contributed by atoms with Crippen molar-refractivity contribution >= 4 is 22.8 Å². The predicted molar refractivity (Wildman–Crippen MR) is 127 cm³/mol. The molecular formula is C24H29N5O3S. The maximum Gasteiger partial charge on any atom is 0.251 e. The first-order valence-corrected chi connectivity index (χ1v) is 11.9. The summed E-state index contributed by atoms with van der Waals surface area (Å²) in [6, 6.07) is 7.82. The number of amides is 1. The largest absolute Gasteiger partial charge is 0.380 e. The Morgan fingerprint density at radius 2 is 2.27 bits per heavy atom. The van der Waals surface area contributed by atoms with Crippen LogP contribution in [0.15, 0.2) is 30.6 Å². The molecule has 1 fully saturated rings. The lowest BCUT2D eigenvalue weighted by Gasteiger charge is -2.25. The summed E-state index contributed by atoms with van der Waals surface area (Å²) in [7, 11) is 1.67. The van der Waals surface area contributed by atoms with Crippen LogP contribution in [0.1, 0.15) is 22.7 Å². The van der Waals surface area contributed by atoms with E-state index in [1.807, 2.05) is 26.1 Å². The number of rotatable bonds is 6. The third kappa shape index (κ3) is 5.60. The quantitative estimate of drug-likeness (QED) is 0.578. The molecule has 0 radical (unpaired) electrons. The molecule has 0 saturated carbocycles. The number of hydrogen-bond donors (Lipinski definition) is 2. The maximum atomic E-state index is 12.7. The Bertz CT molecular complexity index is 1150. The second kappa shape index (κ2) is 10.4. The number of thiophene rings is 1. The van der Waals surface area contributed by atoms with E-state index in [-0.39, 0.29) is 12.0 Å².